The fourth-order valence-corrected chi connectivity index (χ4v) is 3.44. The highest BCUT2D eigenvalue weighted by Gasteiger charge is 2.12. The number of nitro benzene ring substituents is 1. The molecule has 11 heteroatoms. The van der Waals surface area contributed by atoms with E-state index in [0.717, 1.165) is 18.5 Å². The van der Waals surface area contributed by atoms with Crippen LogP contribution in [0.1, 0.15) is 33.6 Å². The number of likely N-dealkylation sites (N-methyl/N-ethyl adjacent to an activating group) is 1. The topological polar surface area (TPSA) is 119 Å². The normalized spacial score (nSPS) is 11.2. The Morgan fingerprint density at radius 3 is 2.37 bits per heavy atom. The van der Waals surface area contributed by atoms with Gasteiger partial charge in [-0.2, -0.15) is 5.11 Å². The second-order valence-electron chi connectivity index (χ2n) is 7.46. The number of anilines is 1. The van der Waals surface area contributed by atoms with E-state index in [4.69, 9.17) is 21.1 Å². The molecule has 0 saturated heterocycles. The second-order valence-corrected chi connectivity index (χ2v) is 7.86. The molecular weight excluding hydrogens is 474 g/mol. The minimum atomic E-state index is -0.522. The van der Waals surface area contributed by atoms with Crippen molar-refractivity contribution in [1.29, 1.82) is 0 Å². The zero-order chi connectivity index (χ0) is 25.6. The predicted octanol–water partition coefficient (Wildman–Crippen LogP) is 5.79. The molecule has 0 radical (unpaired) electrons. The number of carbonyl (C=O) groups is 1. The third-order valence-corrected chi connectivity index (χ3v) is 5.29. The lowest BCUT2D eigenvalue weighted by molar-refractivity contribution is -0.384. The Morgan fingerprint density at radius 2 is 1.80 bits per heavy atom. The molecule has 0 spiro atoms. The molecule has 0 unspecified atom stereocenters. The van der Waals surface area contributed by atoms with Crippen molar-refractivity contribution in [1.82, 2.24) is 5.32 Å². The van der Waals surface area contributed by atoms with Crippen molar-refractivity contribution in [2.75, 3.05) is 37.7 Å². The molecule has 0 heterocycles. The Bertz CT molecular complexity index is 981. The number of hydrogen-bond donors (Lipinski definition) is 1. The lowest BCUT2D eigenvalue weighted by Crippen LogP contribution is -2.37. The molecule has 0 bridgehead atoms. The molecule has 0 fully saturated rings. The Morgan fingerprint density at radius 1 is 1.11 bits per heavy atom. The summed E-state index contributed by atoms with van der Waals surface area (Å²) in [6, 6.07) is 11.3. The van der Waals surface area contributed by atoms with Gasteiger partial charge in [-0.1, -0.05) is 11.6 Å². The van der Waals surface area contributed by atoms with E-state index in [1.807, 2.05) is 37.8 Å². The van der Waals surface area contributed by atoms with Gasteiger partial charge in [-0.15, -0.1) is 5.11 Å². The smallest absolute Gasteiger partial charge is 0.271 e. The molecule has 0 aliphatic heterocycles. The van der Waals surface area contributed by atoms with Gasteiger partial charge in [0.2, 0.25) is 5.91 Å². The maximum absolute atomic E-state index is 12.4. The number of ether oxygens (including phenoxy) is 2. The van der Waals surface area contributed by atoms with Crippen molar-refractivity contribution < 1.29 is 19.2 Å². The van der Waals surface area contributed by atoms with E-state index in [1.54, 1.807) is 12.1 Å². The number of nitrogens with one attached hydrogen (secondary N) is 1. The van der Waals surface area contributed by atoms with Gasteiger partial charge in [-0.3, -0.25) is 14.9 Å². The van der Waals surface area contributed by atoms with E-state index >= 15 is 0 Å². The van der Waals surface area contributed by atoms with Crippen molar-refractivity contribution in [3.05, 3.63) is 57.6 Å². The first-order valence-electron chi connectivity index (χ1n) is 11.6. The number of nitro groups is 1. The highest BCUT2D eigenvalue weighted by molar-refractivity contribution is 6.33. The number of carbonyl (C=O) groups excluding carboxylic acids is 1. The minimum absolute atomic E-state index is 0.0622. The highest BCUT2D eigenvalue weighted by atomic mass is 35.5. The van der Waals surface area contributed by atoms with Crippen LogP contribution in [0.3, 0.4) is 0 Å². The number of halogens is 1. The standard InChI is InChI=1S/C24H32ClN5O5/c1-4-29(17-23(31)26-15-7-8-24(34-5-2)35-6-3)19-11-9-18(10-12-19)27-28-22-14-13-20(30(32)33)16-21(22)25/h9-14,16,24H,4-8,15,17H2,1-3H3,(H,26,31). The maximum Gasteiger partial charge on any atom is 0.271 e. The Labute approximate surface area is 210 Å². The summed E-state index contributed by atoms with van der Waals surface area (Å²) in [5.41, 5.74) is 1.69. The van der Waals surface area contributed by atoms with Crippen molar-refractivity contribution in [2.24, 2.45) is 10.2 Å². The molecule has 1 amide bonds. The second kappa shape index (κ2) is 15.0. The van der Waals surface area contributed by atoms with Gasteiger partial charge in [0, 0.05) is 50.5 Å². The molecule has 10 nitrogen and oxygen atoms in total. The van der Waals surface area contributed by atoms with E-state index < -0.39 is 4.92 Å². The van der Waals surface area contributed by atoms with Crippen LogP contribution < -0.4 is 10.2 Å². The molecule has 1 N–H and O–H groups in total. The monoisotopic (exact) mass is 505 g/mol. The molecular formula is C24H32ClN5O5. The van der Waals surface area contributed by atoms with Gasteiger partial charge in [0.1, 0.15) is 5.69 Å². The number of non-ortho nitro benzene ring substituents is 1. The molecule has 2 aromatic carbocycles. The zero-order valence-corrected chi connectivity index (χ0v) is 21.0. The molecule has 2 aromatic rings. The number of benzene rings is 2. The Balaban J connectivity index is 1.87. The minimum Gasteiger partial charge on any atom is -0.362 e. The number of rotatable bonds is 15. The summed E-state index contributed by atoms with van der Waals surface area (Å²) < 4.78 is 11.0. The Hall–Kier alpha value is -3.08. The molecule has 0 aromatic heterocycles. The fourth-order valence-electron chi connectivity index (χ4n) is 3.23. The van der Waals surface area contributed by atoms with Gasteiger partial charge in [0.05, 0.1) is 22.2 Å². The van der Waals surface area contributed by atoms with Crippen LogP contribution in [0.15, 0.2) is 52.7 Å². The highest BCUT2D eigenvalue weighted by Crippen LogP contribution is 2.30. The van der Waals surface area contributed by atoms with E-state index in [1.165, 1.54) is 18.2 Å². The van der Waals surface area contributed by atoms with Crippen LogP contribution >= 0.6 is 11.6 Å². The molecule has 35 heavy (non-hydrogen) atoms. The van der Waals surface area contributed by atoms with Crippen LogP contribution in [0, 0.1) is 10.1 Å². The lowest BCUT2D eigenvalue weighted by Gasteiger charge is -2.22. The average Bonchev–Trinajstić information content (AvgIpc) is 2.85. The van der Waals surface area contributed by atoms with Crippen molar-refractivity contribution in [3.63, 3.8) is 0 Å². The van der Waals surface area contributed by atoms with E-state index in [9.17, 15) is 14.9 Å². The van der Waals surface area contributed by atoms with Crippen molar-refractivity contribution >= 4 is 40.3 Å². The SMILES string of the molecule is CCOC(CCCNC(=O)CN(CC)c1ccc(N=Nc2ccc([N+](=O)[O-])cc2Cl)cc1)OCC. The summed E-state index contributed by atoms with van der Waals surface area (Å²) in [4.78, 5) is 24.6. The van der Waals surface area contributed by atoms with Crippen LogP contribution in [0.2, 0.25) is 5.02 Å². The summed E-state index contributed by atoms with van der Waals surface area (Å²) in [5.74, 6) is -0.0622. The zero-order valence-electron chi connectivity index (χ0n) is 20.3. The van der Waals surface area contributed by atoms with Crippen LogP contribution in [-0.4, -0.2) is 50.0 Å². The largest absolute Gasteiger partial charge is 0.362 e. The fraction of sp³-hybridized carbons (Fsp3) is 0.458. The average molecular weight is 506 g/mol. The van der Waals surface area contributed by atoms with Crippen molar-refractivity contribution in [2.45, 2.75) is 39.9 Å². The maximum atomic E-state index is 12.4. The third kappa shape index (κ3) is 9.59. The molecule has 0 aliphatic carbocycles. The number of hydrogen-bond acceptors (Lipinski definition) is 8. The Kier molecular flexibility index (Phi) is 12.1. The van der Waals surface area contributed by atoms with Crippen LogP contribution in [0.4, 0.5) is 22.7 Å². The molecule has 190 valence electrons. The van der Waals surface area contributed by atoms with Gasteiger partial charge >= 0.3 is 0 Å². The molecule has 2 rings (SSSR count). The number of nitrogens with zero attached hydrogens (tertiary/aromatic N) is 4. The van der Waals surface area contributed by atoms with Gasteiger partial charge in [-0.25, -0.2) is 0 Å². The lowest BCUT2D eigenvalue weighted by atomic mass is 10.2. The number of amides is 1. The molecule has 0 aliphatic rings. The van der Waals surface area contributed by atoms with Gasteiger partial charge in [0.25, 0.3) is 5.69 Å². The molecule has 0 atom stereocenters. The summed E-state index contributed by atoms with van der Waals surface area (Å²) in [5, 5.41) is 22.1. The summed E-state index contributed by atoms with van der Waals surface area (Å²) >= 11 is 6.05. The van der Waals surface area contributed by atoms with Crippen LogP contribution in [0.25, 0.3) is 0 Å². The molecule has 0 saturated carbocycles. The van der Waals surface area contributed by atoms with Crippen LogP contribution in [-0.2, 0) is 14.3 Å². The van der Waals surface area contributed by atoms with Gasteiger partial charge in [0.15, 0.2) is 6.29 Å². The summed E-state index contributed by atoms with van der Waals surface area (Å²) in [6.07, 6.45) is 1.25. The van der Waals surface area contributed by atoms with Crippen LogP contribution in [0.5, 0.6) is 0 Å². The predicted molar refractivity (Wildman–Crippen MR) is 136 cm³/mol. The summed E-state index contributed by atoms with van der Waals surface area (Å²) in [6.45, 7) is 8.46. The van der Waals surface area contributed by atoms with Crippen molar-refractivity contribution in [3.8, 4) is 0 Å². The third-order valence-electron chi connectivity index (χ3n) is 4.99. The quantitative estimate of drug-likeness (QED) is 0.108. The van der Waals surface area contributed by atoms with Gasteiger partial charge in [-0.05, 0) is 57.5 Å². The van der Waals surface area contributed by atoms with E-state index in [0.29, 0.717) is 37.7 Å². The first-order chi connectivity index (χ1) is 16.9. The van der Waals surface area contributed by atoms with E-state index in [2.05, 4.69) is 15.5 Å². The number of azo groups is 1. The van der Waals surface area contributed by atoms with E-state index in [-0.39, 0.29) is 29.5 Å². The first kappa shape index (κ1) is 28.2. The summed E-state index contributed by atoms with van der Waals surface area (Å²) in [7, 11) is 0. The first-order valence-corrected chi connectivity index (χ1v) is 12.0. The van der Waals surface area contributed by atoms with Gasteiger partial charge < -0.3 is 19.7 Å².